The van der Waals surface area contributed by atoms with Gasteiger partial charge in [-0.15, -0.1) is 0 Å². The SMILES string of the molecule is CCCC(=O)Nc1c(C)ccn1-c1ccc(Cl)c(CO)c1Cl. The van der Waals surface area contributed by atoms with E-state index in [1.807, 2.05) is 26.1 Å². The molecule has 0 spiro atoms. The van der Waals surface area contributed by atoms with Gasteiger partial charge in [0.1, 0.15) is 5.82 Å². The summed E-state index contributed by atoms with van der Waals surface area (Å²) in [7, 11) is 0. The normalized spacial score (nSPS) is 10.8. The first-order valence-electron chi connectivity index (χ1n) is 7.05. The highest BCUT2D eigenvalue weighted by molar-refractivity contribution is 6.37. The summed E-state index contributed by atoms with van der Waals surface area (Å²) in [4.78, 5) is 11.9. The van der Waals surface area contributed by atoms with Crippen molar-refractivity contribution in [1.29, 1.82) is 0 Å². The molecule has 0 radical (unpaired) electrons. The Morgan fingerprint density at radius 3 is 2.68 bits per heavy atom. The summed E-state index contributed by atoms with van der Waals surface area (Å²) in [5.74, 6) is 0.629. The number of hydrogen-bond acceptors (Lipinski definition) is 2. The number of carbonyl (C=O) groups is 1. The maximum atomic E-state index is 11.9. The number of rotatable bonds is 5. The fourth-order valence-electron chi connectivity index (χ4n) is 2.23. The Labute approximate surface area is 139 Å². The monoisotopic (exact) mass is 340 g/mol. The second kappa shape index (κ2) is 7.18. The van der Waals surface area contributed by atoms with Gasteiger partial charge in [-0.3, -0.25) is 4.79 Å². The molecular weight excluding hydrogens is 323 g/mol. The third-order valence-corrected chi connectivity index (χ3v) is 4.18. The topological polar surface area (TPSA) is 54.3 Å². The minimum Gasteiger partial charge on any atom is -0.392 e. The Bertz CT molecular complexity index is 696. The van der Waals surface area contributed by atoms with Crippen LogP contribution in [-0.4, -0.2) is 15.6 Å². The molecule has 1 aromatic heterocycles. The van der Waals surface area contributed by atoms with E-state index in [1.165, 1.54) is 0 Å². The Kier molecular flexibility index (Phi) is 5.51. The van der Waals surface area contributed by atoms with Gasteiger partial charge < -0.3 is 15.0 Å². The number of hydrogen-bond donors (Lipinski definition) is 2. The fraction of sp³-hybridized carbons (Fsp3) is 0.312. The van der Waals surface area contributed by atoms with Gasteiger partial charge in [0.2, 0.25) is 5.91 Å². The Balaban J connectivity index is 2.48. The first-order chi connectivity index (χ1) is 10.5. The van der Waals surface area contributed by atoms with E-state index in [-0.39, 0.29) is 12.5 Å². The summed E-state index contributed by atoms with van der Waals surface area (Å²) in [5.41, 5.74) is 2.06. The van der Waals surface area contributed by atoms with Gasteiger partial charge in [-0.05, 0) is 37.1 Å². The second-order valence-corrected chi connectivity index (χ2v) is 5.82. The molecule has 6 heteroatoms. The highest BCUT2D eigenvalue weighted by Crippen LogP contribution is 2.33. The molecule has 0 saturated heterocycles. The summed E-state index contributed by atoms with van der Waals surface area (Å²) in [6.45, 7) is 3.62. The Morgan fingerprint density at radius 2 is 2.05 bits per heavy atom. The lowest BCUT2D eigenvalue weighted by molar-refractivity contribution is -0.116. The number of aliphatic hydroxyl groups excluding tert-OH is 1. The maximum Gasteiger partial charge on any atom is 0.225 e. The number of aryl methyl sites for hydroxylation is 1. The molecular formula is C16H18Cl2N2O2. The third kappa shape index (κ3) is 3.29. The zero-order chi connectivity index (χ0) is 16.3. The summed E-state index contributed by atoms with van der Waals surface area (Å²) >= 11 is 12.4. The van der Waals surface area contributed by atoms with Gasteiger partial charge in [0.05, 0.1) is 17.3 Å². The number of amides is 1. The first-order valence-corrected chi connectivity index (χ1v) is 7.81. The van der Waals surface area contributed by atoms with Crippen molar-refractivity contribution in [3.63, 3.8) is 0 Å². The fourth-order valence-corrected chi connectivity index (χ4v) is 2.81. The standard InChI is InChI=1S/C16H18Cl2N2O2/c1-3-4-14(22)19-16-10(2)7-8-20(16)13-6-5-12(17)11(9-21)15(13)18/h5-8,21H,3-4,9H2,1-2H3,(H,19,22). The number of halogens is 2. The predicted octanol–water partition coefficient (Wildman–Crippen LogP) is 4.32. The van der Waals surface area contributed by atoms with E-state index in [0.717, 1.165) is 12.0 Å². The molecule has 22 heavy (non-hydrogen) atoms. The molecule has 0 aliphatic carbocycles. The van der Waals surface area contributed by atoms with Crippen LogP contribution in [0.2, 0.25) is 10.0 Å². The smallest absolute Gasteiger partial charge is 0.225 e. The van der Waals surface area contributed by atoms with E-state index >= 15 is 0 Å². The summed E-state index contributed by atoms with van der Waals surface area (Å²) in [5, 5.41) is 13.1. The molecule has 0 fully saturated rings. The largest absolute Gasteiger partial charge is 0.392 e. The maximum absolute atomic E-state index is 11.9. The second-order valence-electron chi connectivity index (χ2n) is 5.03. The minimum absolute atomic E-state index is 0.0435. The van der Waals surface area contributed by atoms with Gasteiger partial charge in [0, 0.05) is 23.2 Å². The number of aromatic nitrogens is 1. The van der Waals surface area contributed by atoms with Crippen LogP contribution < -0.4 is 5.32 Å². The molecule has 0 aliphatic heterocycles. The number of benzene rings is 1. The van der Waals surface area contributed by atoms with Crippen molar-refractivity contribution in [2.45, 2.75) is 33.3 Å². The van der Waals surface area contributed by atoms with Gasteiger partial charge in [0.25, 0.3) is 0 Å². The molecule has 1 heterocycles. The Morgan fingerprint density at radius 1 is 1.32 bits per heavy atom. The summed E-state index contributed by atoms with van der Waals surface area (Å²) in [6, 6.07) is 5.34. The molecule has 0 saturated carbocycles. The van der Waals surface area contributed by atoms with Crippen molar-refractivity contribution in [2.24, 2.45) is 0 Å². The lowest BCUT2D eigenvalue weighted by Crippen LogP contribution is -2.14. The highest BCUT2D eigenvalue weighted by atomic mass is 35.5. The van der Waals surface area contributed by atoms with Gasteiger partial charge in [0.15, 0.2) is 0 Å². The molecule has 0 bridgehead atoms. The summed E-state index contributed by atoms with van der Waals surface area (Å²) in [6.07, 6.45) is 3.07. The van der Waals surface area contributed by atoms with Crippen molar-refractivity contribution >= 4 is 34.9 Å². The van der Waals surface area contributed by atoms with Gasteiger partial charge in [-0.2, -0.15) is 0 Å². The third-order valence-electron chi connectivity index (χ3n) is 3.41. The van der Waals surface area contributed by atoms with E-state index in [0.29, 0.717) is 33.5 Å². The molecule has 118 valence electrons. The van der Waals surface area contributed by atoms with Crippen molar-refractivity contribution in [3.05, 3.63) is 45.6 Å². The number of anilines is 1. The van der Waals surface area contributed by atoms with Crippen LogP contribution in [0.25, 0.3) is 5.69 Å². The lowest BCUT2D eigenvalue weighted by atomic mass is 10.2. The molecule has 4 nitrogen and oxygen atoms in total. The predicted molar refractivity (Wildman–Crippen MR) is 90.0 cm³/mol. The molecule has 0 atom stereocenters. The number of carbonyl (C=O) groups excluding carboxylic acids is 1. The molecule has 0 aliphatic rings. The van der Waals surface area contributed by atoms with Crippen LogP contribution in [0.3, 0.4) is 0 Å². The molecule has 2 N–H and O–H groups in total. The zero-order valence-electron chi connectivity index (χ0n) is 12.5. The summed E-state index contributed by atoms with van der Waals surface area (Å²) < 4.78 is 1.79. The van der Waals surface area contributed by atoms with E-state index in [4.69, 9.17) is 23.2 Å². The van der Waals surface area contributed by atoms with Crippen LogP contribution in [-0.2, 0) is 11.4 Å². The first kappa shape index (κ1) is 16.9. The van der Waals surface area contributed by atoms with Crippen LogP contribution in [0.1, 0.15) is 30.9 Å². The van der Waals surface area contributed by atoms with E-state index in [1.54, 1.807) is 16.7 Å². The molecule has 0 unspecified atom stereocenters. The van der Waals surface area contributed by atoms with E-state index in [9.17, 15) is 9.90 Å². The Hall–Kier alpha value is -1.49. The average Bonchev–Trinajstić information content (AvgIpc) is 2.81. The van der Waals surface area contributed by atoms with Crippen molar-refractivity contribution in [1.82, 2.24) is 4.57 Å². The molecule has 2 aromatic rings. The zero-order valence-corrected chi connectivity index (χ0v) is 14.0. The minimum atomic E-state index is -0.247. The highest BCUT2D eigenvalue weighted by Gasteiger charge is 2.16. The van der Waals surface area contributed by atoms with E-state index in [2.05, 4.69) is 5.32 Å². The quantitative estimate of drug-likeness (QED) is 0.851. The van der Waals surface area contributed by atoms with Crippen LogP contribution >= 0.6 is 23.2 Å². The van der Waals surface area contributed by atoms with Gasteiger partial charge in [-0.25, -0.2) is 0 Å². The molecule has 1 aromatic carbocycles. The lowest BCUT2D eigenvalue weighted by Gasteiger charge is -2.15. The number of aliphatic hydroxyl groups is 1. The number of nitrogens with zero attached hydrogens (tertiary/aromatic N) is 1. The van der Waals surface area contributed by atoms with Crippen LogP contribution in [0.5, 0.6) is 0 Å². The van der Waals surface area contributed by atoms with Crippen LogP contribution in [0, 0.1) is 6.92 Å². The average molecular weight is 341 g/mol. The van der Waals surface area contributed by atoms with Crippen LogP contribution in [0.4, 0.5) is 5.82 Å². The van der Waals surface area contributed by atoms with Crippen molar-refractivity contribution < 1.29 is 9.90 Å². The van der Waals surface area contributed by atoms with Crippen molar-refractivity contribution in [3.8, 4) is 5.69 Å². The molecule has 1 amide bonds. The van der Waals surface area contributed by atoms with E-state index < -0.39 is 0 Å². The number of nitrogens with one attached hydrogen (secondary N) is 1. The molecule has 2 rings (SSSR count). The van der Waals surface area contributed by atoms with Gasteiger partial charge >= 0.3 is 0 Å². The van der Waals surface area contributed by atoms with Crippen molar-refractivity contribution in [2.75, 3.05) is 5.32 Å². The van der Waals surface area contributed by atoms with Gasteiger partial charge in [-0.1, -0.05) is 30.1 Å². The van der Waals surface area contributed by atoms with Crippen LogP contribution in [0.15, 0.2) is 24.4 Å².